The summed E-state index contributed by atoms with van der Waals surface area (Å²) in [5.41, 5.74) is 0.734. The minimum absolute atomic E-state index is 0.619. The van der Waals surface area contributed by atoms with E-state index in [-0.39, 0.29) is 0 Å². The van der Waals surface area contributed by atoms with Crippen molar-refractivity contribution in [1.82, 2.24) is 10.2 Å². The Morgan fingerprint density at radius 2 is 1.90 bits per heavy atom. The van der Waals surface area contributed by atoms with Gasteiger partial charge in [0.2, 0.25) is 0 Å². The predicted octanol–water partition coefficient (Wildman–Crippen LogP) is 2.80. The zero-order valence-corrected chi connectivity index (χ0v) is 13.2. The third-order valence-corrected chi connectivity index (χ3v) is 5.97. The third-order valence-electron chi connectivity index (χ3n) is 5.97. The maximum atomic E-state index is 5.78. The Morgan fingerprint density at radius 1 is 1.15 bits per heavy atom. The van der Waals surface area contributed by atoms with E-state index in [1.54, 1.807) is 0 Å². The Kier molecular flexibility index (Phi) is 5.00. The van der Waals surface area contributed by atoms with Gasteiger partial charge in [-0.05, 0) is 63.6 Å². The number of piperidine rings is 1. The minimum atomic E-state index is 0.619. The van der Waals surface area contributed by atoms with Crippen LogP contribution in [0.15, 0.2) is 0 Å². The second-order valence-corrected chi connectivity index (χ2v) is 7.23. The number of hydrogen-bond acceptors (Lipinski definition) is 3. The van der Waals surface area contributed by atoms with Gasteiger partial charge in [0.05, 0.1) is 6.61 Å². The van der Waals surface area contributed by atoms with E-state index in [4.69, 9.17) is 4.74 Å². The molecule has 3 nitrogen and oxygen atoms in total. The van der Waals surface area contributed by atoms with Crippen molar-refractivity contribution in [3.8, 4) is 0 Å². The highest BCUT2D eigenvalue weighted by molar-refractivity contribution is 4.94. The van der Waals surface area contributed by atoms with E-state index in [0.29, 0.717) is 12.1 Å². The molecule has 116 valence electrons. The van der Waals surface area contributed by atoms with Gasteiger partial charge in [0.25, 0.3) is 0 Å². The Labute approximate surface area is 124 Å². The molecule has 0 amide bonds. The van der Waals surface area contributed by atoms with Gasteiger partial charge in [0.15, 0.2) is 0 Å². The standard InChI is InChI=1S/C17H32N2O/c1-2-10-18-15-5-13-20-14-16(15)19-11-8-17(9-12-19)6-3-4-7-17/h15-16,18H,2-14H2,1H3. The third kappa shape index (κ3) is 3.20. The van der Waals surface area contributed by atoms with Crippen LogP contribution in [0.2, 0.25) is 0 Å². The summed E-state index contributed by atoms with van der Waals surface area (Å²) in [7, 11) is 0. The molecule has 0 aromatic rings. The summed E-state index contributed by atoms with van der Waals surface area (Å²) in [4.78, 5) is 2.73. The van der Waals surface area contributed by atoms with Gasteiger partial charge in [0, 0.05) is 18.7 Å². The summed E-state index contributed by atoms with van der Waals surface area (Å²) in [6.07, 6.45) is 11.2. The highest BCUT2D eigenvalue weighted by atomic mass is 16.5. The lowest BCUT2D eigenvalue weighted by molar-refractivity contribution is -0.0257. The topological polar surface area (TPSA) is 24.5 Å². The SMILES string of the molecule is CCCNC1CCOCC1N1CCC2(CCCC2)CC1. The maximum Gasteiger partial charge on any atom is 0.0637 e. The normalized spacial score (nSPS) is 34.6. The van der Waals surface area contributed by atoms with Gasteiger partial charge >= 0.3 is 0 Å². The molecule has 0 radical (unpaired) electrons. The molecule has 0 aromatic carbocycles. The summed E-state index contributed by atoms with van der Waals surface area (Å²) in [6.45, 7) is 7.89. The number of nitrogens with zero attached hydrogens (tertiary/aromatic N) is 1. The number of hydrogen-bond donors (Lipinski definition) is 1. The average molecular weight is 280 g/mol. The van der Waals surface area contributed by atoms with E-state index >= 15 is 0 Å². The van der Waals surface area contributed by atoms with Gasteiger partial charge in [0.1, 0.15) is 0 Å². The Morgan fingerprint density at radius 3 is 2.60 bits per heavy atom. The lowest BCUT2D eigenvalue weighted by Gasteiger charge is -2.46. The molecule has 1 N–H and O–H groups in total. The van der Waals surface area contributed by atoms with Crippen LogP contribution in [-0.4, -0.2) is 49.8 Å². The molecule has 0 bridgehead atoms. The van der Waals surface area contributed by atoms with Gasteiger partial charge in [-0.3, -0.25) is 4.90 Å². The number of rotatable bonds is 4. The quantitative estimate of drug-likeness (QED) is 0.857. The van der Waals surface area contributed by atoms with Crippen molar-refractivity contribution in [3.05, 3.63) is 0 Å². The summed E-state index contributed by atoms with van der Waals surface area (Å²) in [5, 5.41) is 3.76. The molecule has 1 spiro atoms. The van der Waals surface area contributed by atoms with E-state index in [1.165, 1.54) is 64.5 Å². The molecule has 2 atom stereocenters. The van der Waals surface area contributed by atoms with Gasteiger partial charge in [-0.25, -0.2) is 0 Å². The van der Waals surface area contributed by atoms with Crippen molar-refractivity contribution in [3.63, 3.8) is 0 Å². The van der Waals surface area contributed by atoms with Crippen LogP contribution >= 0.6 is 0 Å². The summed E-state index contributed by atoms with van der Waals surface area (Å²) < 4.78 is 5.78. The van der Waals surface area contributed by atoms with Crippen molar-refractivity contribution in [1.29, 1.82) is 0 Å². The number of likely N-dealkylation sites (tertiary alicyclic amines) is 1. The lowest BCUT2D eigenvalue weighted by atomic mass is 9.76. The highest BCUT2D eigenvalue weighted by Gasteiger charge is 2.40. The zero-order chi connectivity index (χ0) is 13.8. The maximum absolute atomic E-state index is 5.78. The largest absolute Gasteiger partial charge is 0.380 e. The van der Waals surface area contributed by atoms with E-state index in [9.17, 15) is 0 Å². The van der Waals surface area contributed by atoms with E-state index < -0.39 is 0 Å². The first-order valence-corrected chi connectivity index (χ1v) is 8.88. The molecule has 0 aromatic heterocycles. The van der Waals surface area contributed by atoms with Crippen LogP contribution in [0.5, 0.6) is 0 Å². The molecular weight excluding hydrogens is 248 g/mol. The average Bonchev–Trinajstić information content (AvgIpc) is 2.95. The molecule has 3 fully saturated rings. The Balaban J connectivity index is 1.54. The second-order valence-electron chi connectivity index (χ2n) is 7.23. The summed E-state index contributed by atoms with van der Waals surface area (Å²) in [5.74, 6) is 0. The molecule has 3 heteroatoms. The lowest BCUT2D eigenvalue weighted by Crippen LogP contribution is -2.57. The monoisotopic (exact) mass is 280 g/mol. The zero-order valence-electron chi connectivity index (χ0n) is 13.2. The smallest absolute Gasteiger partial charge is 0.0637 e. The molecule has 2 unspecified atom stereocenters. The Hall–Kier alpha value is -0.120. The highest BCUT2D eigenvalue weighted by Crippen LogP contribution is 2.46. The van der Waals surface area contributed by atoms with Crippen LogP contribution in [0, 0.1) is 5.41 Å². The van der Waals surface area contributed by atoms with Crippen LogP contribution in [0.3, 0.4) is 0 Å². The van der Waals surface area contributed by atoms with Crippen LogP contribution in [0.25, 0.3) is 0 Å². The van der Waals surface area contributed by atoms with Crippen molar-refractivity contribution in [2.45, 2.75) is 70.4 Å². The molecule has 20 heavy (non-hydrogen) atoms. The van der Waals surface area contributed by atoms with Gasteiger partial charge < -0.3 is 10.1 Å². The first-order chi connectivity index (χ1) is 9.83. The fraction of sp³-hybridized carbons (Fsp3) is 1.00. The Bertz CT molecular complexity index is 291. The van der Waals surface area contributed by atoms with Crippen LogP contribution in [0.1, 0.15) is 58.3 Å². The fourth-order valence-electron chi connectivity index (χ4n) is 4.61. The summed E-state index contributed by atoms with van der Waals surface area (Å²) in [6, 6.07) is 1.27. The fourth-order valence-corrected chi connectivity index (χ4v) is 4.61. The molecule has 1 aliphatic carbocycles. The molecular formula is C17H32N2O. The van der Waals surface area contributed by atoms with Gasteiger partial charge in [-0.15, -0.1) is 0 Å². The first kappa shape index (κ1) is 14.8. The van der Waals surface area contributed by atoms with Crippen molar-refractivity contribution in [2.24, 2.45) is 5.41 Å². The van der Waals surface area contributed by atoms with Crippen molar-refractivity contribution < 1.29 is 4.74 Å². The van der Waals surface area contributed by atoms with Crippen molar-refractivity contribution >= 4 is 0 Å². The van der Waals surface area contributed by atoms with Crippen LogP contribution < -0.4 is 5.32 Å². The number of nitrogens with one attached hydrogen (secondary N) is 1. The van der Waals surface area contributed by atoms with Crippen LogP contribution in [0.4, 0.5) is 0 Å². The van der Waals surface area contributed by atoms with E-state index in [0.717, 1.165) is 25.2 Å². The number of ether oxygens (including phenoxy) is 1. The summed E-state index contributed by atoms with van der Waals surface area (Å²) >= 11 is 0. The van der Waals surface area contributed by atoms with Crippen molar-refractivity contribution in [2.75, 3.05) is 32.8 Å². The first-order valence-electron chi connectivity index (χ1n) is 8.88. The predicted molar refractivity (Wildman–Crippen MR) is 83.0 cm³/mol. The molecule has 2 saturated heterocycles. The molecule has 3 rings (SSSR count). The van der Waals surface area contributed by atoms with Crippen LogP contribution in [-0.2, 0) is 4.74 Å². The van der Waals surface area contributed by atoms with E-state index in [1.807, 2.05) is 0 Å². The minimum Gasteiger partial charge on any atom is -0.380 e. The van der Waals surface area contributed by atoms with Gasteiger partial charge in [-0.2, -0.15) is 0 Å². The molecule has 1 saturated carbocycles. The molecule has 2 heterocycles. The molecule has 3 aliphatic rings. The van der Waals surface area contributed by atoms with E-state index in [2.05, 4.69) is 17.1 Å². The molecule has 2 aliphatic heterocycles. The second kappa shape index (κ2) is 6.76. The van der Waals surface area contributed by atoms with Gasteiger partial charge in [-0.1, -0.05) is 19.8 Å².